The Morgan fingerprint density at radius 1 is 1.32 bits per heavy atom. The third-order valence-corrected chi connectivity index (χ3v) is 4.06. The molecule has 2 atom stereocenters. The fraction of sp³-hybridized carbons (Fsp3) is 0.529. The maximum Gasteiger partial charge on any atom is 0.0943 e. The van der Waals surface area contributed by atoms with Crippen molar-refractivity contribution in [2.75, 3.05) is 6.54 Å². The van der Waals surface area contributed by atoms with Gasteiger partial charge in [-0.15, -0.1) is 6.58 Å². The number of rotatable bonds is 6. The van der Waals surface area contributed by atoms with Gasteiger partial charge in [0.05, 0.1) is 6.10 Å². The molecule has 1 aromatic rings. The van der Waals surface area contributed by atoms with Gasteiger partial charge in [-0.2, -0.15) is 0 Å². The molecule has 2 nitrogen and oxygen atoms in total. The molecule has 0 heterocycles. The van der Waals surface area contributed by atoms with Crippen molar-refractivity contribution in [3.05, 3.63) is 47.5 Å². The molecule has 2 N–H and O–H groups in total. The topological polar surface area (TPSA) is 32.3 Å². The lowest BCUT2D eigenvalue weighted by molar-refractivity contribution is 0.128. The Bertz CT molecular complexity index is 427. The van der Waals surface area contributed by atoms with Crippen LogP contribution in [0.15, 0.2) is 30.9 Å². The van der Waals surface area contributed by atoms with Crippen LogP contribution in [0.4, 0.5) is 0 Å². The molecule has 0 amide bonds. The van der Waals surface area contributed by atoms with E-state index in [2.05, 4.69) is 37.0 Å². The molecule has 1 aliphatic carbocycles. The van der Waals surface area contributed by atoms with Crippen LogP contribution in [0, 0.1) is 0 Å². The predicted octanol–water partition coefficient (Wildman–Crippen LogP) is 3.15. The Labute approximate surface area is 116 Å². The maximum absolute atomic E-state index is 10.5. The summed E-state index contributed by atoms with van der Waals surface area (Å²) in [6.45, 7) is 6.55. The van der Waals surface area contributed by atoms with E-state index in [9.17, 15) is 5.11 Å². The SMILES string of the molecule is C=CCNC(CC)C(O)c1ccc2c(c1)CCCC2. The van der Waals surface area contributed by atoms with Gasteiger partial charge in [0.25, 0.3) is 0 Å². The number of fused-ring (bicyclic) bond motifs is 1. The molecular weight excluding hydrogens is 234 g/mol. The summed E-state index contributed by atoms with van der Waals surface area (Å²) in [6, 6.07) is 6.59. The summed E-state index contributed by atoms with van der Waals surface area (Å²) in [5, 5.41) is 13.8. The summed E-state index contributed by atoms with van der Waals surface area (Å²) in [7, 11) is 0. The average Bonchev–Trinajstić information content (AvgIpc) is 2.47. The second-order valence-corrected chi connectivity index (χ2v) is 5.39. The zero-order chi connectivity index (χ0) is 13.7. The fourth-order valence-corrected chi connectivity index (χ4v) is 2.88. The lowest BCUT2D eigenvalue weighted by Crippen LogP contribution is -2.34. The largest absolute Gasteiger partial charge is 0.387 e. The number of hydrogen-bond donors (Lipinski definition) is 2. The summed E-state index contributed by atoms with van der Waals surface area (Å²) in [6.07, 6.45) is 7.24. The van der Waals surface area contributed by atoms with Gasteiger partial charge >= 0.3 is 0 Å². The van der Waals surface area contributed by atoms with E-state index in [1.165, 1.54) is 30.4 Å². The summed E-state index contributed by atoms with van der Waals surface area (Å²) >= 11 is 0. The summed E-state index contributed by atoms with van der Waals surface area (Å²) in [5.41, 5.74) is 3.94. The van der Waals surface area contributed by atoms with Crippen molar-refractivity contribution in [2.45, 2.75) is 51.2 Å². The smallest absolute Gasteiger partial charge is 0.0943 e. The van der Waals surface area contributed by atoms with E-state index in [0.717, 1.165) is 24.9 Å². The Kier molecular flexibility index (Phi) is 5.17. The highest BCUT2D eigenvalue weighted by atomic mass is 16.3. The molecule has 2 rings (SSSR count). The fourth-order valence-electron chi connectivity index (χ4n) is 2.88. The van der Waals surface area contributed by atoms with Crippen LogP contribution in [0.2, 0.25) is 0 Å². The van der Waals surface area contributed by atoms with Gasteiger partial charge in [0.15, 0.2) is 0 Å². The van der Waals surface area contributed by atoms with Gasteiger partial charge in [0.2, 0.25) is 0 Å². The zero-order valence-electron chi connectivity index (χ0n) is 11.9. The minimum atomic E-state index is -0.433. The Hall–Kier alpha value is -1.12. The minimum Gasteiger partial charge on any atom is -0.387 e. The molecule has 0 spiro atoms. The van der Waals surface area contributed by atoms with Gasteiger partial charge in [-0.3, -0.25) is 0 Å². The Balaban J connectivity index is 2.13. The monoisotopic (exact) mass is 259 g/mol. The number of aliphatic hydroxyl groups is 1. The zero-order valence-corrected chi connectivity index (χ0v) is 11.9. The molecule has 0 fully saturated rings. The first-order valence-electron chi connectivity index (χ1n) is 7.40. The van der Waals surface area contributed by atoms with Gasteiger partial charge in [-0.25, -0.2) is 0 Å². The highest BCUT2D eigenvalue weighted by Gasteiger charge is 2.20. The van der Waals surface area contributed by atoms with E-state index >= 15 is 0 Å². The van der Waals surface area contributed by atoms with Crippen molar-refractivity contribution in [3.8, 4) is 0 Å². The number of aliphatic hydroxyl groups excluding tert-OH is 1. The van der Waals surface area contributed by atoms with Gasteiger partial charge in [-0.1, -0.05) is 31.2 Å². The van der Waals surface area contributed by atoms with Crippen LogP contribution < -0.4 is 5.32 Å². The third-order valence-electron chi connectivity index (χ3n) is 4.06. The Morgan fingerprint density at radius 2 is 2.05 bits per heavy atom. The second-order valence-electron chi connectivity index (χ2n) is 5.39. The number of hydrogen-bond acceptors (Lipinski definition) is 2. The lowest BCUT2D eigenvalue weighted by atomic mass is 9.88. The lowest BCUT2D eigenvalue weighted by Gasteiger charge is -2.24. The quantitative estimate of drug-likeness (QED) is 0.769. The number of aryl methyl sites for hydroxylation is 2. The average molecular weight is 259 g/mol. The van der Waals surface area contributed by atoms with Crippen molar-refractivity contribution in [2.24, 2.45) is 0 Å². The first-order chi connectivity index (χ1) is 9.26. The van der Waals surface area contributed by atoms with Crippen molar-refractivity contribution < 1.29 is 5.11 Å². The van der Waals surface area contributed by atoms with Gasteiger partial charge in [0.1, 0.15) is 0 Å². The van der Waals surface area contributed by atoms with Crippen LogP contribution in [-0.4, -0.2) is 17.7 Å². The van der Waals surface area contributed by atoms with Crippen molar-refractivity contribution in [1.29, 1.82) is 0 Å². The van der Waals surface area contributed by atoms with E-state index in [1.807, 2.05) is 6.08 Å². The molecule has 0 aliphatic heterocycles. The first-order valence-corrected chi connectivity index (χ1v) is 7.40. The highest BCUT2D eigenvalue weighted by Crippen LogP contribution is 2.26. The molecular formula is C17H25NO. The first kappa shape index (κ1) is 14.3. The predicted molar refractivity (Wildman–Crippen MR) is 80.3 cm³/mol. The molecule has 1 aromatic carbocycles. The molecule has 0 radical (unpaired) electrons. The van der Waals surface area contributed by atoms with Crippen molar-refractivity contribution in [1.82, 2.24) is 5.32 Å². The van der Waals surface area contributed by atoms with Crippen LogP contribution in [0.3, 0.4) is 0 Å². The minimum absolute atomic E-state index is 0.0969. The van der Waals surface area contributed by atoms with Crippen molar-refractivity contribution >= 4 is 0 Å². The molecule has 0 aromatic heterocycles. The molecule has 0 saturated carbocycles. The Morgan fingerprint density at radius 3 is 2.74 bits per heavy atom. The van der Waals surface area contributed by atoms with E-state index < -0.39 is 6.10 Å². The third kappa shape index (κ3) is 3.46. The normalized spacial score (nSPS) is 17.6. The van der Waals surface area contributed by atoms with E-state index in [-0.39, 0.29) is 6.04 Å². The number of nitrogens with one attached hydrogen (secondary N) is 1. The van der Waals surface area contributed by atoms with Crippen LogP contribution in [0.25, 0.3) is 0 Å². The van der Waals surface area contributed by atoms with Crippen LogP contribution in [0.1, 0.15) is 49.0 Å². The number of benzene rings is 1. The molecule has 2 heteroatoms. The van der Waals surface area contributed by atoms with Gasteiger partial charge < -0.3 is 10.4 Å². The van der Waals surface area contributed by atoms with Gasteiger partial charge in [-0.05, 0) is 48.8 Å². The molecule has 0 saturated heterocycles. The van der Waals surface area contributed by atoms with E-state index in [1.54, 1.807) is 0 Å². The molecule has 19 heavy (non-hydrogen) atoms. The van der Waals surface area contributed by atoms with Crippen LogP contribution in [-0.2, 0) is 12.8 Å². The van der Waals surface area contributed by atoms with Crippen LogP contribution in [0.5, 0.6) is 0 Å². The standard InChI is InChI=1S/C17H25NO/c1-3-11-18-16(4-2)17(19)15-10-9-13-7-5-6-8-14(13)12-15/h3,9-10,12,16-19H,1,4-8,11H2,2H3. The molecule has 2 unspecified atom stereocenters. The highest BCUT2D eigenvalue weighted by molar-refractivity contribution is 5.35. The summed E-state index contributed by atoms with van der Waals surface area (Å²) in [4.78, 5) is 0. The maximum atomic E-state index is 10.5. The molecule has 104 valence electrons. The van der Waals surface area contributed by atoms with E-state index in [0.29, 0.717) is 0 Å². The van der Waals surface area contributed by atoms with Crippen molar-refractivity contribution in [3.63, 3.8) is 0 Å². The van der Waals surface area contributed by atoms with Gasteiger partial charge in [0, 0.05) is 12.6 Å². The second kappa shape index (κ2) is 6.88. The van der Waals surface area contributed by atoms with Crippen LogP contribution >= 0.6 is 0 Å². The summed E-state index contributed by atoms with van der Waals surface area (Å²) < 4.78 is 0. The summed E-state index contributed by atoms with van der Waals surface area (Å²) in [5.74, 6) is 0. The molecule has 1 aliphatic rings. The van der Waals surface area contributed by atoms with E-state index in [4.69, 9.17) is 0 Å². The molecule has 0 bridgehead atoms.